The Hall–Kier alpha value is 0.826. The molecule has 0 amide bonds. The number of rotatable bonds is 3. The SMILES string of the molecule is CC1(C)CCCC(C)(C)[N-]1.CC1(C)CCCC(C)(C)[N-]1.CN(C)CCN(C)C.Cc1c[c-]ccc1.[Mg+2].[Na+]. The normalized spacial score (nSPS) is 20.3. The molecule has 6 heteroatoms. The van der Waals surface area contributed by atoms with Crippen molar-refractivity contribution in [2.75, 3.05) is 41.3 Å². The molecule has 1 aromatic carbocycles. The molecule has 2 heterocycles. The van der Waals surface area contributed by atoms with E-state index in [-0.39, 0.29) is 74.8 Å². The van der Waals surface area contributed by atoms with Crippen LogP contribution in [0.25, 0.3) is 10.6 Å². The topological polar surface area (TPSA) is 34.7 Å². The first kappa shape index (κ1) is 42.3. The van der Waals surface area contributed by atoms with Gasteiger partial charge in [-0.3, -0.25) is 0 Å². The zero-order valence-electron chi connectivity index (χ0n) is 27.5. The second-order valence-corrected chi connectivity index (χ2v) is 13.4. The molecule has 2 fully saturated rings. The van der Waals surface area contributed by atoms with E-state index in [4.69, 9.17) is 10.6 Å². The number of likely N-dealkylation sites (N-methyl/N-ethyl adjacent to an activating group) is 2. The van der Waals surface area contributed by atoms with E-state index in [0.29, 0.717) is 0 Å². The van der Waals surface area contributed by atoms with Gasteiger partial charge in [0.05, 0.1) is 0 Å². The van der Waals surface area contributed by atoms with Crippen molar-refractivity contribution in [3.05, 3.63) is 46.5 Å². The summed E-state index contributed by atoms with van der Waals surface area (Å²) in [6, 6.07) is 10.8. The van der Waals surface area contributed by atoms with Crippen LogP contribution in [-0.4, -0.2) is 96.3 Å². The van der Waals surface area contributed by atoms with Gasteiger partial charge in [0.1, 0.15) is 0 Å². The third-order valence-electron chi connectivity index (χ3n) is 6.22. The monoisotopic (exact) mass is 534 g/mol. The quantitative estimate of drug-likeness (QED) is 0.415. The molecule has 37 heavy (non-hydrogen) atoms. The van der Waals surface area contributed by atoms with Crippen LogP contribution >= 0.6 is 0 Å². The van der Waals surface area contributed by atoms with Crippen molar-refractivity contribution in [1.29, 1.82) is 0 Å². The zero-order chi connectivity index (χ0) is 27.3. The molecular formula is C31H59MgN4Na. The van der Waals surface area contributed by atoms with Gasteiger partial charge in [-0.1, -0.05) is 101 Å². The van der Waals surface area contributed by atoms with Crippen molar-refractivity contribution < 1.29 is 29.6 Å². The minimum atomic E-state index is 0. The first-order valence-electron chi connectivity index (χ1n) is 13.6. The van der Waals surface area contributed by atoms with Gasteiger partial charge in [0, 0.05) is 13.1 Å². The summed E-state index contributed by atoms with van der Waals surface area (Å²) in [7, 11) is 8.35. The van der Waals surface area contributed by atoms with E-state index in [1.54, 1.807) is 0 Å². The van der Waals surface area contributed by atoms with Crippen LogP contribution < -0.4 is 29.6 Å². The Morgan fingerprint density at radius 1 is 0.703 bits per heavy atom. The van der Waals surface area contributed by atoms with E-state index in [2.05, 4.69) is 112 Å². The summed E-state index contributed by atoms with van der Waals surface area (Å²) in [4.78, 5) is 4.36. The van der Waals surface area contributed by atoms with Crippen LogP contribution in [0.3, 0.4) is 0 Å². The summed E-state index contributed by atoms with van der Waals surface area (Å²) in [5.74, 6) is 0. The number of benzene rings is 1. The van der Waals surface area contributed by atoms with Gasteiger partial charge in [-0.2, -0.15) is 35.9 Å². The van der Waals surface area contributed by atoms with Gasteiger partial charge in [0.2, 0.25) is 0 Å². The number of hydrogen-bond donors (Lipinski definition) is 0. The molecule has 0 aromatic heterocycles. The Morgan fingerprint density at radius 2 is 1.03 bits per heavy atom. The molecule has 0 unspecified atom stereocenters. The largest absolute Gasteiger partial charge is 2.00 e. The first-order valence-corrected chi connectivity index (χ1v) is 13.6. The Balaban J connectivity index is -0.000000413. The van der Waals surface area contributed by atoms with Crippen LogP contribution in [0, 0.1) is 13.0 Å². The molecule has 2 aliphatic rings. The molecule has 2 saturated heterocycles. The Bertz CT molecular complexity index is 605. The predicted molar refractivity (Wildman–Crippen MR) is 164 cm³/mol. The second-order valence-electron chi connectivity index (χ2n) is 13.4. The fraction of sp³-hybridized carbons (Fsp3) is 0.806. The van der Waals surface area contributed by atoms with Gasteiger partial charge < -0.3 is 20.4 Å². The molecular weight excluding hydrogens is 476 g/mol. The van der Waals surface area contributed by atoms with Crippen LogP contribution in [0.15, 0.2) is 24.3 Å². The molecule has 2 aliphatic heterocycles. The molecule has 0 radical (unpaired) electrons. The minimum absolute atomic E-state index is 0. The number of piperidine rings is 2. The van der Waals surface area contributed by atoms with E-state index in [9.17, 15) is 0 Å². The van der Waals surface area contributed by atoms with Crippen molar-refractivity contribution in [3.8, 4) is 0 Å². The van der Waals surface area contributed by atoms with Crippen molar-refractivity contribution in [3.63, 3.8) is 0 Å². The molecule has 3 rings (SSSR count). The minimum Gasteiger partial charge on any atom is -0.652 e. The van der Waals surface area contributed by atoms with Crippen LogP contribution in [0.2, 0.25) is 0 Å². The third kappa shape index (κ3) is 25.5. The Kier molecular flexibility index (Phi) is 22.7. The summed E-state index contributed by atoms with van der Waals surface area (Å²) in [5.41, 5.74) is 2.22. The fourth-order valence-electron chi connectivity index (χ4n) is 4.65. The van der Waals surface area contributed by atoms with Gasteiger partial charge in [-0.25, -0.2) is 0 Å². The third-order valence-corrected chi connectivity index (χ3v) is 6.22. The van der Waals surface area contributed by atoms with E-state index in [0.717, 1.165) is 13.1 Å². The van der Waals surface area contributed by atoms with Gasteiger partial charge >= 0.3 is 52.6 Å². The molecule has 0 bridgehead atoms. The van der Waals surface area contributed by atoms with Crippen molar-refractivity contribution in [2.45, 2.75) is 123 Å². The molecule has 0 aliphatic carbocycles. The van der Waals surface area contributed by atoms with Crippen molar-refractivity contribution in [1.82, 2.24) is 9.80 Å². The van der Waals surface area contributed by atoms with E-state index >= 15 is 0 Å². The zero-order valence-corrected chi connectivity index (χ0v) is 30.9. The summed E-state index contributed by atoms with van der Waals surface area (Å²) < 4.78 is 0. The van der Waals surface area contributed by atoms with Crippen LogP contribution in [0.4, 0.5) is 0 Å². The van der Waals surface area contributed by atoms with Gasteiger partial charge in [0.25, 0.3) is 0 Å². The van der Waals surface area contributed by atoms with Crippen molar-refractivity contribution >= 4 is 23.1 Å². The molecule has 206 valence electrons. The first-order chi connectivity index (χ1) is 15.8. The van der Waals surface area contributed by atoms with Crippen LogP contribution in [-0.2, 0) is 0 Å². The Morgan fingerprint density at radius 3 is 1.16 bits per heavy atom. The maximum atomic E-state index is 4.75. The maximum Gasteiger partial charge on any atom is 2.00 e. The smallest absolute Gasteiger partial charge is 0.652 e. The number of aryl methyl sites for hydroxylation is 1. The molecule has 0 spiro atoms. The van der Waals surface area contributed by atoms with Gasteiger partial charge in [0.15, 0.2) is 0 Å². The second kappa shape index (κ2) is 19.8. The van der Waals surface area contributed by atoms with Crippen LogP contribution in [0.1, 0.15) is 99.5 Å². The summed E-state index contributed by atoms with van der Waals surface area (Å²) in [6.07, 6.45) is 7.72. The van der Waals surface area contributed by atoms with E-state index in [1.165, 1.54) is 44.1 Å². The van der Waals surface area contributed by atoms with E-state index < -0.39 is 0 Å². The number of hydrogen-bond acceptors (Lipinski definition) is 2. The standard InChI is InChI=1S/2C9H18N.C7H7.C6H16N2.Mg.Na/c2*1-8(2)6-5-7-9(3,4)10-8;1-7-5-3-2-4-6-7;1-7(2)5-6-8(3)4;;/h2*5-7H2,1-4H3;2-3,5-6H,1H3;5-6H2,1-4H3;;/q3*-1;;+2;+1. The summed E-state index contributed by atoms with van der Waals surface area (Å²) in [6.45, 7) is 22.2. The average molecular weight is 535 g/mol. The van der Waals surface area contributed by atoms with Crippen LogP contribution in [0.5, 0.6) is 0 Å². The maximum absolute atomic E-state index is 4.75. The molecule has 4 nitrogen and oxygen atoms in total. The molecule has 0 atom stereocenters. The molecule has 1 aromatic rings. The molecule has 0 saturated carbocycles. The van der Waals surface area contributed by atoms with Gasteiger partial charge in [-0.15, -0.1) is 22.2 Å². The van der Waals surface area contributed by atoms with Gasteiger partial charge in [-0.05, 0) is 28.2 Å². The predicted octanol–water partition coefficient (Wildman–Crippen LogP) is 4.73. The Labute approximate surface area is 271 Å². The summed E-state index contributed by atoms with van der Waals surface area (Å²) >= 11 is 0. The van der Waals surface area contributed by atoms with E-state index in [1.807, 2.05) is 18.2 Å². The molecule has 0 N–H and O–H groups in total. The van der Waals surface area contributed by atoms with Crippen molar-refractivity contribution in [2.24, 2.45) is 0 Å². The average Bonchev–Trinajstić information content (AvgIpc) is 2.65. The number of nitrogens with zero attached hydrogens (tertiary/aromatic N) is 4. The summed E-state index contributed by atoms with van der Waals surface area (Å²) in [5, 5.41) is 9.49. The fourth-order valence-corrected chi connectivity index (χ4v) is 4.65.